The zero-order valence-corrected chi connectivity index (χ0v) is 83.1. The van der Waals surface area contributed by atoms with Crippen LogP contribution in [-0.4, -0.2) is 335 Å². The SMILES string of the molecule is CCC(NC(=O)CC[C@H](NC(=O)CN1CCN(CC(=O)O)CCN(CC(=O)O)CCN(CC(=O)O)CC1)C(=O)NC(CC)C(=O)NCCNC(=O)CCCOc1cc(C)c(S(=O)(=O)N[C@@H](CNC(=O)c2cn(C)c3cc(CNc4ncc[nH]4)ccc3c2=O)C(=O)O)c(C)c1)C(=O)NCCNC(=O)CCCOc1cc(C)c(S(=O)(=O)NC(CNC(=O)c2cn(C)c3cc(CNc4ncc[nH]4)ccc3c2=O)C(=O)O)c(C)c1. The molecular formula is C93H125N23O27S2. The molecule has 0 radical (unpaired) electrons. The highest BCUT2D eigenvalue weighted by Crippen LogP contribution is 2.29. The predicted octanol–water partition coefficient (Wildman–Crippen LogP) is -1.37. The predicted molar refractivity (Wildman–Crippen MR) is 526 cm³/mol. The number of aromatic nitrogens is 6. The number of fused-ring (bicyclic) bond motifs is 2. The minimum Gasteiger partial charge on any atom is -0.494 e. The van der Waals surface area contributed by atoms with Crippen molar-refractivity contribution in [2.24, 2.45) is 14.1 Å². The molecule has 145 heavy (non-hydrogen) atoms. The van der Waals surface area contributed by atoms with E-state index in [9.17, 15) is 119 Å². The lowest BCUT2D eigenvalue weighted by molar-refractivity contribution is -0.140. The molecule has 1 aliphatic rings. The number of nitrogens with zero attached hydrogens (tertiary/aromatic N) is 8. The summed E-state index contributed by atoms with van der Waals surface area (Å²) in [5.41, 5.74) is 1.38. The van der Waals surface area contributed by atoms with Crippen LogP contribution in [0, 0.1) is 27.7 Å². The third-order valence-corrected chi connectivity index (χ3v) is 26.9. The number of hydrogen-bond donors (Lipinski definition) is 20. The minimum atomic E-state index is -4.60. The summed E-state index contributed by atoms with van der Waals surface area (Å²) in [4.78, 5) is 230. The Morgan fingerprint density at radius 2 is 0.786 bits per heavy atom. The number of carbonyl (C=O) groups is 14. The highest BCUT2D eigenvalue weighted by Gasteiger charge is 2.35. The van der Waals surface area contributed by atoms with Crippen molar-refractivity contribution in [3.63, 3.8) is 0 Å². The van der Waals surface area contributed by atoms with Gasteiger partial charge in [-0.25, -0.2) is 26.8 Å². The Hall–Kier alpha value is -14.8. The van der Waals surface area contributed by atoms with Crippen LogP contribution in [0.25, 0.3) is 21.8 Å². The van der Waals surface area contributed by atoms with Crippen LogP contribution in [0.3, 0.4) is 0 Å². The molecule has 0 aliphatic carbocycles. The number of nitrogens with one attached hydrogen (secondary N) is 15. The molecule has 50 nitrogen and oxygen atoms in total. The molecule has 9 rings (SSSR count). The molecule has 9 amide bonds. The van der Waals surface area contributed by atoms with E-state index in [0.29, 0.717) is 36.0 Å². The van der Waals surface area contributed by atoms with Crippen molar-refractivity contribution < 1.29 is 119 Å². The van der Waals surface area contributed by atoms with Crippen molar-refractivity contribution in [2.45, 2.75) is 146 Å². The van der Waals surface area contributed by atoms with Crippen LogP contribution in [0.1, 0.15) is 119 Å². The molecule has 1 saturated heterocycles. The Kier molecular flexibility index (Phi) is 42.8. The lowest BCUT2D eigenvalue weighted by Crippen LogP contribution is -2.55. The van der Waals surface area contributed by atoms with E-state index in [0.717, 1.165) is 11.1 Å². The van der Waals surface area contributed by atoms with E-state index in [-0.39, 0.29) is 196 Å². The number of pyridine rings is 2. The maximum Gasteiger partial charge on any atom is 0.323 e. The molecule has 1 aliphatic heterocycles. The van der Waals surface area contributed by atoms with Gasteiger partial charge in [-0.3, -0.25) is 96.3 Å². The second-order valence-corrected chi connectivity index (χ2v) is 37.9. The zero-order valence-electron chi connectivity index (χ0n) is 81.4. The Balaban J connectivity index is 0.728. The number of aliphatic carboxylic acids is 5. The van der Waals surface area contributed by atoms with Gasteiger partial charge in [0.1, 0.15) is 52.8 Å². The standard InChI is InChI=1S/C93H125N23O27S2/c1-9-67(87(131)96-23-21-94-74(117)13-11-37-142-61-39-55(3)83(56(4)40-61)144(138,139)109-70(90(134)135)47-102-85(129)65-49-111(7)72-43-59(15-17-63(72)81(65)127)45-104-92-98-25-26-99-92)106-76(119)20-19-69(107-77(120)51-113-29-31-114(52-78(121)122)33-35-116(54-80(125)126)36-34-115(32-30-113)53-79(123)124)89(133)108-68(10-2)88(132)97-24-22-95-75(118)14-12-38-143-62-41-57(5)84(58(6)42-62)145(140,141)110-71(91(136)137)48-103-86(130)66-50-112(8)73-44-60(16-18-64(73)82(66)128)46-105-93-100-27-28-101-93/h15-18,25-28,39-44,49-50,67-71,109-110H,9-14,19-24,29-38,45-48,51-54H2,1-8H3,(H,94,117)(H,95,118)(H,96,131)(H,97,132)(H,102,129)(H,103,130)(H,106,119)(H,107,120)(H,108,133)(H,121,122)(H,123,124)(H,125,126)(H,134,135)(H,136,137)(H2,98,99,104)(H2,100,101,105)/t67?,68?,69-,70?,71-/m0/s1. The summed E-state index contributed by atoms with van der Waals surface area (Å²) in [5, 5.41) is 79.4. The largest absolute Gasteiger partial charge is 0.494 e. The fourth-order valence-corrected chi connectivity index (χ4v) is 19.3. The zero-order chi connectivity index (χ0) is 106. The molecule has 8 aromatic rings. The van der Waals surface area contributed by atoms with Crippen LogP contribution in [0.4, 0.5) is 11.9 Å². The molecule has 52 heteroatoms. The molecule has 1 fully saturated rings. The molecule has 20 N–H and O–H groups in total. The number of hydrogen-bond acceptors (Lipinski definition) is 30. The number of rotatable bonds is 55. The normalized spacial score (nSPS) is 14.1. The lowest BCUT2D eigenvalue weighted by atomic mass is 10.1. The molecule has 0 spiro atoms. The minimum absolute atomic E-state index is 0.0151. The fourth-order valence-electron chi connectivity index (χ4n) is 16.0. The summed E-state index contributed by atoms with van der Waals surface area (Å²) in [6.45, 7) is 6.45. The molecule has 3 unspecified atom stereocenters. The first-order valence-electron chi connectivity index (χ1n) is 46.7. The maximum absolute atomic E-state index is 14.4. The highest BCUT2D eigenvalue weighted by atomic mass is 32.2. The number of aromatic amines is 2. The summed E-state index contributed by atoms with van der Waals surface area (Å²) in [7, 11) is -5.94. The molecule has 4 aromatic heterocycles. The number of carboxylic acid groups (broad SMARTS) is 5. The monoisotopic (exact) mass is 2060 g/mol. The van der Waals surface area contributed by atoms with E-state index in [4.69, 9.17) is 9.47 Å². The van der Waals surface area contributed by atoms with Crippen LogP contribution in [0.2, 0.25) is 0 Å². The molecule has 0 bridgehead atoms. The van der Waals surface area contributed by atoms with E-state index in [2.05, 4.69) is 87.9 Å². The number of amides is 9. The van der Waals surface area contributed by atoms with Gasteiger partial charge < -0.3 is 113 Å². The highest BCUT2D eigenvalue weighted by molar-refractivity contribution is 7.90. The Labute approximate surface area is 833 Å². The molecule has 4 aromatic carbocycles. The van der Waals surface area contributed by atoms with Gasteiger partial charge in [0.05, 0.1) is 60.2 Å². The Morgan fingerprint density at radius 1 is 0.428 bits per heavy atom. The third kappa shape index (κ3) is 35.0. The van der Waals surface area contributed by atoms with Crippen molar-refractivity contribution in [1.29, 1.82) is 0 Å². The Morgan fingerprint density at radius 3 is 1.14 bits per heavy atom. The second kappa shape index (κ2) is 54.6. The van der Waals surface area contributed by atoms with E-state index in [1.54, 1.807) is 118 Å². The number of carbonyl (C=O) groups excluding carboxylic acids is 9. The van der Waals surface area contributed by atoms with Gasteiger partial charge in [-0.15, -0.1) is 0 Å². The number of anilines is 2. The van der Waals surface area contributed by atoms with Gasteiger partial charge in [0.15, 0.2) is 11.9 Å². The van der Waals surface area contributed by atoms with E-state index >= 15 is 0 Å². The maximum atomic E-state index is 14.4. The van der Waals surface area contributed by atoms with Crippen molar-refractivity contribution in [3.8, 4) is 11.5 Å². The summed E-state index contributed by atoms with van der Waals surface area (Å²) in [6.07, 6.45) is 8.37. The average molecular weight is 2060 g/mol. The van der Waals surface area contributed by atoms with Gasteiger partial charge in [-0.2, -0.15) is 9.44 Å². The van der Waals surface area contributed by atoms with Crippen LogP contribution in [0.5, 0.6) is 11.5 Å². The molecular weight excluding hydrogens is 1940 g/mol. The number of ether oxygens (including phenoxy) is 2. The summed E-state index contributed by atoms with van der Waals surface area (Å²) < 4.78 is 74.6. The van der Waals surface area contributed by atoms with E-state index in [1.807, 2.05) is 0 Å². The molecule has 5 heterocycles. The topological polar surface area (TPSA) is 698 Å². The van der Waals surface area contributed by atoms with Gasteiger partial charge >= 0.3 is 29.8 Å². The summed E-state index contributed by atoms with van der Waals surface area (Å²) in [6, 6.07) is 7.92. The summed E-state index contributed by atoms with van der Waals surface area (Å²) in [5.74, 6) is -11.9. The lowest BCUT2D eigenvalue weighted by Gasteiger charge is -2.33. The number of aryl methyl sites for hydroxylation is 6. The average Bonchev–Trinajstić information content (AvgIpc) is 1.66. The first-order chi connectivity index (χ1) is 68.9. The summed E-state index contributed by atoms with van der Waals surface area (Å²) >= 11 is 0. The first-order valence-corrected chi connectivity index (χ1v) is 49.6. The van der Waals surface area contributed by atoms with Gasteiger partial charge in [0, 0.05) is 186 Å². The van der Waals surface area contributed by atoms with Crippen molar-refractivity contribution in [1.82, 2.24) is 106 Å². The number of imidazole rings is 2. The van der Waals surface area contributed by atoms with Gasteiger partial charge in [-0.05, 0) is 142 Å². The number of H-pyrrole nitrogens is 2. The number of sulfonamides is 2. The van der Waals surface area contributed by atoms with Crippen molar-refractivity contribution >= 4 is 137 Å². The fraction of sp³-hybridized carbons (Fsp3) is 0.462. The number of benzene rings is 4. The van der Waals surface area contributed by atoms with Crippen molar-refractivity contribution in [3.05, 3.63) is 163 Å². The number of carboxylic acids is 5. The van der Waals surface area contributed by atoms with Crippen LogP contribution < -0.4 is 88.3 Å². The second-order valence-electron chi connectivity index (χ2n) is 34.6. The van der Waals surface area contributed by atoms with Gasteiger partial charge in [0.25, 0.3) is 11.8 Å². The third-order valence-electron chi connectivity index (χ3n) is 23.4. The van der Waals surface area contributed by atoms with Crippen LogP contribution in [-0.2, 0) is 105 Å². The van der Waals surface area contributed by atoms with Gasteiger partial charge in [0.2, 0.25) is 72.3 Å². The first kappa shape index (κ1) is 114. The Bertz CT molecular complexity index is 6280. The van der Waals surface area contributed by atoms with Gasteiger partial charge in [-0.1, -0.05) is 26.0 Å². The molecule has 786 valence electrons. The molecule has 5 atom stereocenters. The quantitative estimate of drug-likeness (QED) is 0.0196. The van der Waals surface area contributed by atoms with Crippen LogP contribution in [0.15, 0.2) is 117 Å². The van der Waals surface area contributed by atoms with E-state index < -0.39 is 196 Å². The smallest absolute Gasteiger partial charge is 0.323 e. The van der Waals surface area contributed by atoms with Crippen molar-refractivity contribution in [2.75, 3.05) is 142 Å². The van der Waals surface area contributed by atoms with Crippen LogP contribution >= 0.6 is 0 Å². The van der Waals surface area contributed by atoms with E-state index in [1.165, 1.54) is 64.4 Å². The molecule has 0 saturated carbocycles.